The number of carbonyl (C=O) groups is 2. The fourth-order valence-electron chi connectivity index (χ4n) is 3.22. The first kappa shape index (κ1) is 23.3. The van der Waals surface area contributed by atoms with E-state index in [1.54, 1.807) is 33.8 Å². The smallest absolute Gasteiger partial charge is 0.259 e. The SMILES string of the molecule is CCN(CC)C(=O)c1cnn(-c2ccccc2)c1NC(=O)CCCOc1ccc(Cl)cc1. The molecule has 0 aliphatic rings. The van der Waals surface area contributed by atoms with Crippen LogP contribution in [0.5, 0.6) is 5.75 Å². The van der Waals surface area contributed by atoms with Crippen LogP contribution in [0.1, 0.15) is 37.0 Å². The molecule has 2 amide bonds. The minimum absolute atomic E-state index is 0.168. The van der Waals surface area contributed by atoms with Gasteiger partial charge in [-0.05, 0) is 56.7 Å². The first-order chi connectivity index (χ1) is 15.5. The van der Waals surface area contributed by atoms with Crippen LogP contribution < -0.4 is 10.1 Å². The Balaban J connectivity index is 1.70. The second kappa shape index (κ2) is 11.3. The van der Waals surface area contributed by atoms with Gasteiger partial charge in [0.05, 0.1) is 18.5 Å². The second-order valence-corrected chi connectivity index (χ2v) is 7.52. The van der Waals surface area contributed by atoms with Crippen molar-refractivity contribution in [3.8, 4) is 11.4 Å². The molecular formula is C24H27ClN4O3. The van der Waals surface area contributed by atoms with Gasteiger partial charge in [0.1, 0.15) is 17.1 Å². The summed E-state index contributed by atoms with van der Waals surface area (Å²) in [5.74, 6) is 0.690. The van der Waals surface area contributed by atoms with Gasteiger partial charge in [0.2, 0.25) is 5.91 Å². The lowest BCUT2D eigenvalue weighted by Crippen LogP contribution is -2.31. The van der Waals surface area contributed by atoms with Crippen LogP contribution in [0.25, 0.3) is 5.69 Å². The van der Waals surface area contributed by atoms with Gasteiger partial charge in [-0.25, -0.2) is 4.68 Å². The fraction of sp³-hybridized carbons (Fsp3) is 0.292. The van der Waals surface area contributed by atoms with Crippen molar-refractivity contribution < 1.29 is 14.3 Å². The van der Waals surface area contributed by atoms with Crippen molar-refractivity contribution >= 4 is 29.2 Å². The number of ether oxygens (including phenoxy) is 1. The Bertz CT molecular complexity index is 1030. The Kier molecular flexibility index (Phi) is 8.27. The first-order valence-corrected chi connectivity index (χ1v) is 11.0. The molecule has 0 saturated carbocycles. The number of carbonyl (C=O) groups excluding carboxylic acids is 2. The number of amides is 2. The van der Waals surface area contributed by atoms with Crippen molar-refractivity contribution in [2.45, 2.75) is 26.7 Å². The Labute approximate surface area is 192 Å². The molecule has 0 aliphatic heterocycles. The fourth-order valence-corrected chi connectivity index (χ4v) is 3.35. The summed E-state index contributed by atoms with van der Waals surface area (Å²) in [7, 11) is 0. The summed E-state index contributed by atoms with van der Waals surface area (Å²) < 4.78 is 7.23. The predicted octanol–water partition coefficient (Wildman–Crippen LogP) is 4.81. The molecule has 0 fully saturated rings. The maximum absolute atomic E-state index is 13.0. The van der Waals surface area contributed by atoms with Crippen molar-refractivity contribution in [2.75, 3.05) is 25.0 Å². The molecule has 0 bridgehead atoms. The van der Waals surface area contributed by atoms with Gasteiger partial charge in [-0.1, -0.05) is 29.8 Å². The predicted molar refractivity (Wildman–Crippen MR) is 126 cm³/mol. The van der Waals surface area contributed by atoms with Gasteiger partial charge in [-0.3, -0.25) is 9.59 Å². The highest BCUT2D eigenvalue weighted by Gasteiger charge is 2.23. The number of halogens is 1. The third-order valence-electron chi connectivity index (χ3n) is 4.94. The normalized spacial score (nSPS) is 10.6. The van der Waals surface area contributed by atoms with Crippen molar-refractivity contribution in [1.29, 1.82) is 0 Å². The summed E-state index contributed by atoms with van der Waals surface area (Å²) in [6.45, 7) is 5.37. The molecule has 7 nitrogen and oxygen atoms in total. The molecule has 0 radical (unpaired) electrons. The molecule has 1 N–H and O–H groups in total. The Morgan fingerprint density at radius 3 is 2.41 bits per heavy atom. The van der Waals surface area contributed by atoms with E-state index in [9.17, 15) is 9.59 Å². The van der Waals surface area contributed by atoms with Gasteiger partial charge in [0.15, 0.2) is 0 Å². The minimum atomic E-state index is -0.212. The molecule has 8 heteroatoms. The Morgan fingerprint density at radius 1 is 1.06 bits per heavy atom. The van der Waals surface area contributed by atoms with Crippen molar-refractivity contribution in [2.24, 2.45) is 0 Å². The maximum atomic E-state index is 13.0. The van der Waals surface area contributed by atoms with E-state index in [4.69, 9.17) is 16.3 Å². The Hall–Kier alpha value is -3.32. The van der Waals surface area contributed by atoms with Gasteiger partial charge in [0.25, 0.3) is 5.91 Å². The summed E-state index contributed by atoms with van der Waals surface area (Å²) in [5.41, 5.74) is 1.12. The summed E-state index contributed by atoms with van der Waals surface area (Å²) in [6, 6.07) is 16.5. The highest BCUT2D eigenvalue weighted by atomic mass is 35.5. The number of nitrogens with one attached hydrogen (secondary N) is 1. The molecule has 0 spiro atoms. The van der Waals surface area contributed by atoms with E-state index >= 15 is 0 Å². The summed E-state index contributed by atoms with van der Waals surface area (Å²) in [5, 5.41) is 7.90. The summed E-state index contributed by atoms with van der Waals surface area (Å²) >= 11 is 5.87. The largest absolute Gasteiger partial charge is 0.494 e. The standard InChI is InChI=1S/C24H27ClN4O3/c1-3-28(4-2)24(31)21-17-26-29(19-9-6-5-7-10-19)23(21)27-22(30)11-8-16-32-20-14-12-18(25)13-15-20/h5-7,9-10,12-15,17H,3-4,8,11,16H2,1-2H3,(H,27,30). The molecular weight excluding hydrogens is 428 g/mol. The van der Waals surface area contributed by atoms with E-state index in [2.05, 4.69) is 10.4 Å². The number of anilines is 1. The van der Waals surface area contributed by atoms with Crippen LogP contribution >= 0.6 is 11.6 Å². The number of para-hydroxylation sites is 1. The van der Waals surface area contributed by atoms with Crippen LogP contribution in [-0.4, -0.2) is 46.2 Å². The monoisotopic (exact) mass is 454 g/mol. The zero-order valence-electron chi connectivity index (χ0n) is 18.3. The number of nitrogens with zero attached hydrogens (tertiary/aromatic N) is 3. The average molecular weight is 455 g/mol. The third kappa shape index (κ3) is 5.88. The van der Waals surface area contributed by atoms with Gasteiger partial charge >= 0.3 is 0 Å². The van der Waals surface area contributed by atoms with Crippen molar-refractivity contribution in [3.63, 3.8) is 0 Å². The zero-order valence-corrected chi connectivity index (χ0v) is 19.0. The van der Waals surface area contributed by atoms with E-state index in [0.717, 1.165) is 5.69 Å². The van der Waals surface area contributed by atoms with Crippen LogP contribution in [0.15, 0.2) is 60.8 Å². The quantitative estimate of drug-likeness (QED) is 0.446. The van der Waals surface area contributed by atoms with Gasteiger partial charge in [-0.15, -0.1) is 0 Å². The highest BCUT2D eigenvalue weighted by Crippen LogP contribution is 2.22. The molecule has 0 saturated heterocycles. The third-order valence-corrected chi connectivity index (χ3v) is 5.19. The minimum Gasteiger partial charge on any atom is -0.494 e. The van der Waals surface area contributed by atoms with Crippen molar-refractivity contribution in [3.05, 3.63) is 71.4 Å². The first-order valence-electron chi connectivity index (χ1n) is 10.6. The van der Waals surface area contributed by atoms with E-state index in [-0.39, 0.29) is 18.2 Å². The number of aromatic nitrogens is 2. The average Bonchev–Trinajstić information content (AvgIpc) is 3.22. The topological polar surface area (TPSA) is 76.5 Å². The molecule has 1 heterocycles. The van der Waals surface area contributed by atoms with E-state index in [1.807, 2.05) is 44.2 Å². The lowest BCUT2D eigenvalue weighted by Gasteiger charge is -2.19. The van der Waals surface area contributed by atoms with Crippen LogP contribution in [0.2, 0.25) is 5.02 Å². The lowest BCUT2D eigenvalue weighted by atomic mass is 10.2. The molecule has 2 aromatic carbocycles. The summed E-state index contributed by atoms with van der Waals surface area (Å²) in [6.07, 6.45) is 2.27. The molecule has 168 valence electrons. The van der Waals surface area contributed by atoms with E-state index in [0.29, 0.717) is 48.3 Å². The number of benzene rings is 2. The van der Waals surface area contributed by atoms with Crippen LogP contribution in [0.3, 0.4) is 0 Å². The molecule has 1 aromatic heterocycles. The van der Waals surface area contributed by atoms with Crippen molar-refractivity contribution in [1.82, 2.24) is 14.7 Å². The highest BCUT2D eigenvalue weighted by molar-refractivity contribution is 6.30. The lowest BCUT2D eigenvalue weighted by molar-refractivity contribution is -0.116. The zero-order chi connectivity index (χ0) is 22.9. The molecule has 0 unspecified atom stereocenters. The summed E-state index contributed by atoms with van der Waals surface area (Å²) in [4.78, 5) is 27.4. The number of hydrogen-bond acceptors (Lipinski definition) is 4. The van der Waals surface area contributed by atoms with Gasteiger partial charge in [0, 0.05) is 24.5 Å². The molecule has 3 rings (SSSR count). The van der Waals surface area contributed by atoms with Crippen LogP contribution in [0.4, 0.5) is 5.82 Å². The number of rotatable bonds is 10. The van der Waals surface area contributed by atoms with E-state index < -0.39 is 0 Å². The van der Waals surface area contributed by atoms with E-state index in [1.165, 1.54) is 6.20 Å². The Morgan fingerprint density at radius 2 is 1.75 bits per heavy atom. The van der Waals surface area contributed by atoms with Crippen LogP contribution in [0, 0.1) is 0 Å². The van der Waals surface area contributed by atoms with Gasteiger partial charge in [-0.2, -0.15) is 5.10 Å². The second-order valence-electron chi connectivity index (χ2n) is 7.09. The maximum Gasteiger partial charge on any atom is 0.259 e. The van der Waals surface area contributed by atoms with Crippen LogP contribution in [-0.2, 0) is 4.79 Å². The molecule has 32 heavy (non-hydrogen) atoms. The number of hydrogen-bond donors (Lipinski definition) is 1. The molecule has 0 atom stereocenters. The molecule has 3 aromatic rings. The van der Waals surface area contributed by atoms with Gasteiger partial charge < -0.3 is 15.0 Å². The molecule has 0 aliphatic carbocycles.